The first-order valence-electron chi connectivity index (χ1n) is 11.2. The number of H-pyrrole nitrogens is 1. The molecule has 3 aromatic heterocycles. The molecule has 0 amide bonds. The first-order valence-corrected chi connectivity index (χ1v) is 12.1. The summed E-state index contributed by atoms with van der Waals surface area (Å²) in [5, 5.41) is 9.69. The molecule has 1 N–H and O–H groups in total. The van der Waals surface area contributed by atoms with E-state index in [-0.39, 0.29) is 0 Å². The number of anilines is 1. The Labute approximate surface area is 181 Å². The summed E-state index contributed by atoms with van der Waals surface area (Å²) in [5.74, 6) is 1.68. The van der Waals surface area contributed by atoms with Crippen LogP contribution in [-0.2, 0) is 13.0 Å². The molecule has 6 rings (SSSR count). The minimum absolute atomic E-state index is 0.430. The molecule has 0 saturated carbocycles. The Morgan fingerprint density at radius 2 is 2.20 bits per heavy atom. The quantitative estimate of drug-likeness (QED) is 0.677. The third-order valence-corrected chi connectivity index (χ3v) is 7.98. The van der Waals surface area contributed by atoms with Crippen LogP contribution in [0.3, 0.4) is 0 Å². The van der Waals surface area contributed by atoms with Gasteiger partial charge in [0.05, 0.1) is 22.5 Å². The molecule has 3 aromatic rings. The average molecular weight is 421 g/mol. The fraction of sp³-hybridized carbons (Fsp3) is 0.522. The number of hydrogen-bond donors (Lipinski definition) is 1. The van der Waals surface area contributed by atoms with E-state index in [1.807, 2.05) is 6.20 Å². The lowest BCUT2D eigenvalue weighted by molar-refractivity contribution is 0.166. The van der Waals surface area contributed by atoms with E-state index in [1.165, 1.54) is 53.1 Å². The molecule has 2 saturated heterocycles. The lowest BCUT2D eigenvalue weighted by Crippen LogP contribution is -2.39. The number of thiophene rings is 1. The molecule has 2 bridgehead atoms. The summed E-state index contributed by atoms with van der Waals surface area (Å²) in [6.07, 6.45) is 10.2. The van der Waals surface area contributed by atoms with Crippen molar-refractivity contribution >= 4 is 17.3 Å². The number of aromatic amines is 1. The van der Waals surface area contributed by atoms with Gasteiger partial charge >= 0.3 is 0 Å². The maximum absolute atomic E-state index is 5.07. The minimum atomic E-state index is 0.430. The number of aromatic nitrogens is 4. The van der Waals surface area contributed by atoms with Crippen LogP contribution in [0, 0.1) is 5.92 Å². The topological polar surface area (TPSA) is 60.9 Å². The van der Waals surface area contributed by atoms with Crippen LogP contribution in [0.4, 0.5) is 5.95 Å². The van der Waals surface area contributed by atoms with Gasteiger partial charge in [0.2, 0.25) is 5.95 Å². The van der Waals surface area contributed by atoms with Crippen molar-refractivity contribution in [3.05, 3.63) is 46.7 Å². The highest BCUT2D eigenvalue weighted by Crippen LogP contribution is 2.44. The Bertz CT molecular complexity index is 1030. The SMILES string of the molecule is C[C@H]1CCCN(c2ncc3c(n2)C[C@@H]2CC[C@@H]3N2Cc2cn[nH]c2-c2cccs2)C1. The van der Waals surface area contributed by atoms with Crippen molar-refractivity contribution in [1.82, 2.24) is 25.1 Å². The summed E-state index contributed by atoms with van der Waals surface area (Å²) in [6.45, 7) is 5.45. The Morgan fingerprint density at radius 1 is 1.23 bits per heavy atom. The summed E-state index contributed by atoms with van der Waals surface area (Å²) in [5.41, 5.74) is 5.09. The minimum Gasteiger partial charge on any atom is -0.341 e. The van der Waals surface area contributed by atoms with E-state index in [0.717, 1.165) is 37.9 Å². The monoisotopic (exact) mass is 420 g/mol. The lowest BCUT2D eigenvalue weighted by Gasteiger charge is -2.36. The van der Waals surface area contributed by atoms with Gasteiger partial charge in [-0.3, -0.25) is 10.00 Å². The summed E-state index contributed by atoms with van der Waals surface area (Å²) in [7, 11) is 0. The third-order valence-electron chi connectivity index (χ3n) is 7.10. The van der Waals surface area contributed by atoms with Crippen molar-refractivity contribution in [2.75, 3.05) is 18.0 Å². The molecular formula is C23H28N6S. The predicted molar refractivity (Wildman–Crippen MR) is 120 cm³/mol. The normalized spacial score (nSPS) is 26.2. The number of fused-ring (bicyclic) bond motifs is 4. The molecule has 6 heterocycles. The molecule has 7 heteroatoms. The van der Waals surface area contributed by atoms with Crippen molar-refractivity contribution in [2.24, 2.45) is 5.92 Å². The highest BCUT2D eigenvalue weighted by Gasteiger charge is 2.41. The van der Waals surface area contributed by atoms with Crippen LogP contribution < -0.4 is 4.90 Å². The number of piperidine rings is 1. The smallest absolute Gasteiger partial charge is 0.225 e. The maximum Gasteiger partial charge on any atom is 0.225 e. The third kappa shape index (κ3) is 3.15. The first-order chi connectivity index (χ1) is 14.8. The van der Waals surface area contributed by atoms with Gasteiger partial charge in [0, 0.05) is 55.5 Å². The fourth-order valence-corrected chi connectivity index (χ4v) is 6.35. The van der Waals surface area contributed by atoms with Crippen molar-refractivity contribution in [3.8, 4) is 10.6 Å². The van der Waals surface area contributed by atoms with Crippen molar-refractivity contribution in [1.29, 1.82) is 0 Å². The second-order valence-electron chi connectivity index (χ2n) is 9.14. The van der Waals surface area contributed by atoms with Gasteiger partial charge in [-0.1, -0.05) is 13.0 Å². The van der Waals surface area contributed by atoms with E-state index >= 15 is 0 Å². The first kappa shape index (κ1) is 18.5. The molecule has 6 nitrogen and oxygen atoms in total. The molecule has 0 aliphatic carbocycles. The summed E-state index contributed by atoms with van der Waals surface area (Å²) >= 11 is 1.76. The van der Waals surface area contributed by atoms with Gasteiger partial charge in [-0.05, 0) is 43.0 Å². The van der Waals surface area contributed by atoms with E-state index in [1.54, 1.807) is 11.3 Å². The lowest BCUT2D eigenvalue weighted by atomic mass is 9.98. The second-order valence-corrected chi connectivity index (χ2v) is 10.1. The average Bonchev–Trinajstić information content (AvgIpc) is 3.49. The largest absolute Gasteiger partial charge is 0.341 e. The highest BCUT2D eigenvalue weighted by atomic mass is 32.1. The van der Waals surface area contributed by atoms with Crippen LogP contribution in [0.15, 0.2) is 29.9 Å². The fourth-order valence-electron chi connectivity index (χ4n) is 5.60. The molecule has 156 valence electrons. The number of rotatable bonds is 4. The van der Waals surface area contributed by atoms with Gasteiger partial charge in [-0.15, -0.1) is 11.3 Å². The van der Waals surface area contributed by atoms with Gasteiger partial charge in [0.25, 0.3) is 0 Å². The Morgan fingerprint density at radius 3 is 3.07 bits per heavy atom. The summed E-state index contributed by atoms with van der Waals surface area (Å²) in [6, 6.07) is 5.26. The number of nitrogens with zero attached hydrogens (tertiary/aromatic N) is 5. The van der Waals surface area contributed by atoms with Crippen LogP contribution in [-0.4, -0.2) is 44.2 Å². The Balaban J connectivity index is 1.26. The maximum atomic E-state index is 5.07. The van der Waals surface area contributed by atoms with E-state index in [4.69, 9.17) is 9.97 Å². The zero-order valence-corrected chi connectivity index (χ0v) is 18.2. The molecule has 0 radical (unpaired) electrons. The van der Waals surface area contributed by atoms with Crippen LogP contribution in [0.5, 0.6) is 0 Å². The molecule has 0 spiro atoms. The van der Waals surface area contributed by atoms with E-state index in [2.05, 4.69) is 50.6 Å². The van der Waals surface area contributed by atoms with Crippen molar-refractivity contribution in [2.45, 2.75) is 57.7 Å². The molecule has 30 heavy (non-hydrogen) atoms. The van der Waals surface area contributed by atoms with E-state index in [0.29, 0.717) is 12.1 Å². The van der Waals surface area contributed by atoms with Gasteiger partial charge in [-0.25, -0.2) is 9.97 Å². The van der Waals surface area contributed by atoms with Crippen molar-refractivity contribution < 1.29 is 0 Å². The molecular weight excluding hydrogens is 392 g/mol. The van der Waals surface area contributed by atoms with Crippen LogP contribution >= 0.6 is 11.3 Å². The van der Waals surface area contributed by atoms with E-state index < -0.39 is 0 Å². The van der Waals surface area contributed by atoms with Gasteiger partial charge in [0.15, 0.2) is 0 Å². The molecule has 3 aliphatic rings. The zero-order chi connectivity index (χ0) is 20.1. The van der Waals surface area contributed by atoms with Crippen LogP contribution in [0.25, 0.3) is 10.6 Å². The van der Waals surface area contributed by atoms with Crippen LogP contribution in [0.2, 0.25) is 0 Å². The number of hydrogen-bond acceptors (Lipinski definition) is 6. The standard InChI is InChI=1S/C23H28N6S/c1-15-4-2-8-28(13-15)23-24-12-18-19(26-23)10-17-6-7-20(18)29(17)14-16-11-25-27-22(16)21-5-3-9-30-21/h3,5,9,11-12,15,17,20H,2,4,6-8,10,13-14H2,1H3,(H,25,27)/t15-,17-,20-/m0/s1. The number of nitrogens with one attached hydrogen (secondary N) is 1. The summed E-state index contributed by atoms with van der Waals surface area (Å²) in [4.78, 5) is 16.2. The van der Waals surface area contributed by atoms with Crippen LogP contribution in [0.1, 0.15) is 55.5 Å². The Hall–Kier alpha value is -2.25. The molecule has 0 aromatic carbocycles. The molecule has 2 fully saturated rings. The highest BCUT2D eigenvalue weighted by molar-refractivity contribution is 7.13. The van der Waals surface area contributed by atoms with Crippen molar-refractivity contribution in [3.63, 3.8) is 0 Å². The van der Waals surface area contributed by atoms with Gasteiger partial charge < -0.3 is 4.90 Å². The molecule has 0 unspecified atom stereocenters. The zero-order valence-electron chi connectivity index (χ0n) is 17.4. The van der Waals surface area contributed by atoms with Gasteiger partial charge in [-0.2, -0.15) is 5.10 Å². The van der Waals surface area contributed by atoms with Gasteiger partial charge in [0.1, 0.15) is 0 Å². The summed E-state index contributed by atoms with van der Waals surface area (Å²) < 4.78 is 0. The molecule has 3 aliphatic heterocycles. The molecule has 3 atom stereocenters. The van der Waals surface area contributed by atoms with E-state index in [9.17, 15) is 0 Å². The Kier molecular flexibility index (Phi) is 4.61. The predicted octanol–water partition coefficient (Wildman–Crippen LogP) is 4.43. The second kappa shape index (κ2) is 7.46.